The molecule has 1 unspecified atom stereocenters. The van der Waals surface area contributed by atoms with Gasteiger partial charge < -0.3 is 11.1 Å². The van der Waals surface area contributed by atoms with Gasteiger partial charge in [-0.25, -0.2) is 0 Å². The van der Waals surface area contributed by atoms with Crippen molar-refractivity contribution in [1.82, 2.24) is 15.1 Å². The van der Waals surface area contributed by atoms with Gasteiger partial charge in [0.05, 0.1) is 5.69 Å². The van der Waals surface area contributed by atoms with Crippen LogP contribution in [0.25, 0.3) is 0 Å². The minimum atomic E-state index is 0.502. The van der Waals surface area contributed by atoms with Crippen LogP contribution >= 0.6 is 0 Å². The Bertz CT molecular complexity index is 343. The average molecular weight is 238 g/mol. The van der Waals surface area contributed by atoms with E-state index in [1.54, 1.807) is 0 Å². The van der Waals surface area contributed by atoms with Gasteiger partial charge in [-0.15, -0.1) is 0 Å². The van der Waals surface area contributed by atoms with Crippen LogP contribution in [0.5, 0.6) is 0 Å². The number of nitrogens with zero attached hydrogens (tertiary/aromatic N) is 2. The minimum absolute atomic E-state index is 0.502. The van der Waals surface area contributed by atoms with E-state index in [9.17, 15) is 0 Å². The zero-order valence-corrected chi connectivity index (χ0v) is 11.6. The van der Waals surface area contributed by atoms with Crippen molar-refractivity contribution >= 4 is 0 Å². The summed E-state index contributed by atoms with van der Waals surface area (Å²) >= 11 is 0. The van der Waals surface area contributed by atoms with Crippen molar-refractivity contribution in [2.75, 3.05) is 13.1 Å². The molecule has 0 fully saturated rings. The Labute approximate surface area is 105 Å². The predicted molar refractivity (Wildman–Crippen MR) is 72.2 cm³/mol. The molecule has 0 bridgehead atoms. The molecule has 4 heteroatoms. The van der Waals surface area contributed by atoms with Gasteiger partial charge in [0.25, 0.3) is 0 Å². The number of hydrogen-bond donors (Lipinski definition) is 2. The third-order valence-electron chi connectivity index (χ3n) is 3.30. The van der Waals surface area contributed by atoms with Crippen molar-refractivity contribution in [1.29, 1.82) is 0 Å². The van der Waals surface area contributed by atoms with Gasteiger partial charge in [-0.2, -0.15) is 5.10 Å². The van der Waals surface area contributed by atoms with E-state index < -0.39 is 0 Å². The highest BCUT2D eigenvalue weighted by Crippen LogP contribution is 2.13. The molecule has 3 N–H and O–H groups in total. The summed E-state index contributed by atoms with van der Waals surface area (Å²) in [5.74, 6) is 0. The molecule has 98 valence electrons. The molecular weight excluding hydrogens is 212 g/mol. The molecule has 1 aromatic rings. The van der Waals surface area contributed by atoms with Gasteiger partial charge in [0.15, 0.2) is 0 Å². The molecule has 0 radical (unpaired) electrons. The molecule has 1 heterocycles. The lowest BCUT2D eigenvalue weighted by molar-refractivity contribution is 0.522. The number of rotatable bonds is 7. The largest absolute Gasteiger partial charge is 0.330 e. The van der Waals surface area contributed by atoms with E-state index in [1.807, 2.05) is 0 Å². The fourth-order valence-corrected chi connectivity index (χ4v) is 2.20. The van der Waals surface area contributed by atoms with Crippen molar-refractivity contribution in [3.05, 3.63) is 17.0 Å². The second-order valence-corrected chi connectivity index (χ2v) is 4.65. The van der Waals surface area contributed by atoms with Crippen LogP contribution in [0.15, 0.2) is 0 Å². The second-order valence-electron chi connectivity index (χ2n) is 4.65. The number of aryl methyl sites for hydroxylation is 2. The Morgan fingerprint density at radius 3 is 2.65 bits per heavy atom. The van der Waals surface area contributed by atoms with Gasteiger partial charge in [0, 0.05) is 18.3 Å². The van der Waals surface area contributed by atoms with Crippen molar-refractivity contribution in [2.45, 2.75) is 53.1 Å². The molecule has 4 nitrogen and oxygen atoms in total. The summed E-state index contributed by atoms with van der Waals surface area (Å²) in [6, 6.07) is 0.502. The molecular formula is C13H26N4. The van der Waals surface area contributed by atoms with E-state index >= 15 is 0 Å². The van der Waals surface area contributed by atoms with Crippen LogP contribution in [0, 0.1) is 13.8 Å². The summed E-state index contributed by atoms with van der Waals surface area (Å²) in [7, 11) is 0. The summed E-state index contributed by atoms with van der Waals surface area (Å²) in [6.07, 6.45) is 2.08. The topological polar surface area (TPSA) is 55.9 Å². The van der Waals surface area contributed by atoms with E-state index in [2.05, 4.69) is 42.8 Å². The standard InChI is InChI=1S/C13H26N4/c1-5-17-12(4)13(11(3)16-17)7-9-15-10(2)6-8-14/h10,15H,5-9,14H2,1-4H3. The van der Waals surface area contributed by atoms with Crippen LogP contribution in [0.1, 0.15) is 37.2 Å². The molecule has 0 aliphatic heterocycles. The number of hydrogen-bond acceptors (Lipinski definition) is 3. The first-order valence-electron chi connectivity index (χ1n) is 6.56. The van der Waals surface area contributed by atoms with Crippen molar-refractivity contribution in [2.24, 2.45) is 5.73 Å². The molecule has 1 atom stereocenters. The number of nitrogens with one attached hydrogen (secondary N) is 1. The lowest BCUT2D eigenvalue weighted by Gasteiger charge is -2.12. The summed E-state index contributed by atoms with van der Waals surface area (Å²) in [6.45, 7) is 11.3. The average Bonchev–Trinajstić information content (AvgIpc) is 2.56. The molecule has 0 saturated carbocycles. The van der Waals surface area contributed by atoms with Crippen LogP contribution in [0.3, 0.4) is 0 Å². The smallest absolute Gasteiger partial charge is 0.0628 e. The van der Waals surface area contributed by atoms with Gasteiger partial charge in [-0.05, 0) is 59.2 Å². The second kappa shape index (κ2) is 6.77. The lowest BCUT2D eigenvalue weighted by atomic mass is 10.1. The summed E-state index contributed by atoms with van der Waals surface area (Å²) in [5.41, 5.74) is 9.39. The zero-order chi connectivity index (χ0) is 12.8. The molecule has 17 heavy (non-hydrogen) atoms. The summed E-state index contributed by atoms with van der Waals surface area (Å²) < 4.78 is 2.08. The Hall–Kier alpha value is -0.870. The minimum Gasteiger partial charge on any atom is -0.330 e. The maximum absolute atomic E-state index is 5.53. The SMILES string of the molecule is CCn1nc(C)c(CCNC(C)CCN)c1C. The van der Waals surface area contributed by atoms with Crippen molar-refractivity contribution in [3.8, 4) is 0 Å². The predicted octanol–water partition coefficient (Wildman–Crippen LogP) is 1.39. The molecule has 0 aromatic carbocycles. The van der Waals surface area contributed by atoms with E-state index in [0.717, 1.165) is 38.2 Å². The third kappa shape index (κ3) is 3.82. The lowest BCUT2D eigenvalue weighted by Crippen LogP contribution is -2.30. The summed E-state index contributed by atoms with van der Waals surface area (Å²) in [4.78, 5) is 0. The third-order valence-corrected chi connectivity index (χ3v) is 3.30. The van der Waals surface area contributed by atoms with Crippen LogP contribution < -0.4 is 11.1 Å². The fraction of sp³-hybridized carbons (Fsp3) is 0.769. The van der Waals surface area contributed by atoms with E-state index in [1.165, 1.54) is 11.3 Å². The highest BCUT2D eigenvalue weighted by Gasteiger charge is 2.10. The molecule has 0 spiro atoms. The number of nitrogens with two attached hydrogens (primary N) is 1. The highest BCUT2D eigenvalue weighted by atomic mass is 15.3. The van der Waals surface area contributed by atoms with E-state index in [-0.39, 0.29) is 0 Å². The Morgan fingerprint density at radius 2 is 2.12 bits per heavy atom. The fourth-order valence-electron chi connectivity index (χ4n) is 2.20. The molecule has 0 aliphatic rings. The Morgan fingerprint density at radius 1 is 1.41 bits per heavy atom. The first kappa shape index (κ1) is 14.2. The zero-order valence-electron chi connectivity index (χ0n) is 11.6. The van der Waals surface area contributed by atoms with Crippen LogP contribution in [0.2, 0.25) is 0 Å². The van der Waals surface area contributed by atoms with Crippen molar-refractivity contribution < 1.29 is 0 Å². The van der Waals surface area contributed by atoms with Gasteiger partial charge in [-0.3, -0.25) is 4.68 Å². The quantitative estimate of drug-likeness (QED) is 0.755. The van der Waals surface area contributed by atoms with E-state index in [4.69, 9.17) is 5.73 Å². The van der Waals surface area contributed by atoms with Gasteiger partial charge in [-0.1, -0.05) is 0 Å². The Kier molecular flexibility index (Phi) is 5.65. The molecule has 1 aromatic heterocycles. The molecule has 1 rings (SSSR count). The monoisotopic (exact) mass is 238 g/mol. The summed E-state index contributed by atoms with van der Waals surface area (Å²) in [5, 5.41) is 8.03. The first-order chi connectivity index (χ1) is 8.10. The molecule has 0 aliphatic carbocycles. The van der Waals surface area contributed by atoms with E-state index in [0.29, 0.717) is 6.04 Å². The maximum Gasteiger partial charge on any atom is 0.0628 e. The van der Waals surface area contributed by atoms with Gasteiger partial charge in [0.1, 0.15) is 0 Å². The maximum atomic E-state index is 5.53. The van der Waals surface area contributed by atoms with Crippen LogP contribution in [-0.4, -0.2) is 28.9 Å². The highest BCUT2D eigenvalue weighted by molar-refractivity contribution is 5.24. The molecule has 0 saturated heterocycles. The van der Waals surface area contributed by atoms with Crippen molar-refractivity contribution in [3.63, 3.8) is 0 Å². The Balaban J connectivity index is 2.49. The van der Waals surface area contributed by atoms with Gasteiger partial charge >= 0.3 is 0 Å². The van der Waals surface area contributed by atoms with Crippen LogP contribution in [-0.2, 0) is 13.0 Å². The van der Waals surface area contributed by atoms with Gasteiger partial charge in [0.2, 0.25) is 0 Å². The first-order valence-corrected chi connectivity index (χ1v) is 6.56. The number of aromatic nitrogens is 2. The van der Waals surface area contributed by atoms with Crippen LogP contribution in [0.4, 0.5) is 0 Å². The normalized spacial score (nSPS) is 13.0. The molecule has 0 amide bonds.